The fraction of sp³-hybridized carbons (Fsp3) is 0.333. The third-order valence-electron chi connectivity index (χ3n) is 9.42. The van der Waals surface area contributed by atoms with E-state index in [4.69, 9.17) is 10.6 Å². The molecule has 0 spiro atoms. The lowest BCUT2D eigenvalue weighted by molar-refractivity contribution is 0.0503. The minimum absolute atomic E-state index is 0.00929. The van der Waals surface area contributed by atoms with Gasteiger partial charge < -0.3 is 14.9 Å². The zero-order chi connectivity index (χ0) is 32.3. The van der Waals surface area contributed by atoms with Crippen molar-refractivity contribution >= 4 is 37.5 Å². The van der Waals surface area contributed by atoms with E-state index in [2.05, 4.69) is 15.1 Å². The molecule has 3 heterocycles. The van der Waals surface area contributed by atoms with Gasteiger partial charge in [0.1, 0.15) is 0 Å². The molecule has 0 fully saturated rings. The first-order valence-corrected chi connectivity index (χ1v) is 16.6. The van der Waals surface area contributed by atoms with Crippen molar-refractivity contribution in [1.29, 1.82) is 0 Å². The van der Waals surface area contributed by atoms with Crippen molar-refractivity contribution in [3.05, 3.63) is 74.8 Å². The van der Waals surface area contributed by atoms with Gasteiger partial charge in [0.05, 0.1) is 22.6 Å². The first-order chi connectivity index (χ1) is 20.3. The lowest BCUT2D eigenvalue weighted by Crippen LogP contribution is -2.33. The number of hydrogen-bond acceptors (Lipinski definition) is 10. The molecular weight excluding hydrogens is 610 g/mol. The molecule has 0 radical (unpaired) electrons. The number of nitrogens with one attached hydrogen (secondary N) is 1. The molecule has 14 heteroatoms. The summed E-state index contributed by atoms with van der Waals surface area (Å²) in [7, 11) is -9.97. The summed E-state index contributed by atoms with van der Waals surface area (Å²) < 4.78 is 79.6. The number of carbonyl (C=O) groups excluding carboxylic acids is 1. The maximum Gasteiger partial charge on any atom is 0.356 e. The number of rotatable bonds is 4. The van der Waals surface area contributed by atoms with Crippen LogP contribution in [0.2, 0.25) is 0 Å². The lowest BCUT2D eigenvalue weighted by atomic mass is 9.78. The number of hydrogen-bond donors (Lipinski definition) is 4. The number of carbonyl (C=O) groups is 1. The highest BCUT2D eigenvalue weighted by atomic mass is 32.2. The van der Waals surface area contributed by atoms with E-state index in [1.54, 1.807) is 24.3 Å². The normalized spacial score (nSPS) is 20.8. The molecule has 2 unspecified atom stereocenters. The van der Waals surface area contributed by atoms with Crippen molar-refractivity contribution in [2.24, 2.45) is 10.9 Å². The maximum atomic E-state index is 13.1. The van der Waals surface area contributed by atoms with Crippen LogP contribution in [0.5, 0.6) is 11.5 Å². The van der Waals surface area contributed by atoms with Crippen LogP contribution in [0.25, 0.3) is 5.57 Å². The number of ether oxygens (including phenoxy) is 1. The topological polar surface area (TPSA) is 195 Å². The smallest absolute Gasteiger partial charge is 0.356 e. The van der Waals surface area contributed by atoms with Crippen LogP contribution in [0.1, 0.15) is 74.2 Å². The Morgan fingerprint density at radius 1 is 0.932 bits per heavy atom. The Bertz CT molecular complexity index is 2160. The van der Waals surface area contributed by atoms with Crippen LogP contribution in [-0.4, -0.2) is 44.0 Å². The predicted octanol–water partition coefficient (Wildman–Crippen LogP) is 2.95. The van der Waals surface area contributed by atoms with Gasteiger partial charge in [-0.1, -0.05) is 39.8 Å². The number of fused-ring (bicyclic) bond motifs is 4. The largest absolute Gasteiger partial charge is 0.453 e. The SMILES string of the molecule is CC1N=c2c(cc3c(c2S(=O)(=O)O)Oc2c(cc4c(c2S(=O)(=O)O)NC(C)C4(C)C)C=3c2ccc(C(=O)ON)cc2)C1(C)C. The fourth-order valence-corrected chi connectivity index (χ4v) is 7.82. The third-order valence-corrected chi connectivity index (χ3v) is 11.2. The van der Waals surface area contributed by atoms with E-state index < -0.39 is 46.8 Å². The summed E-state index contributed by atoms with van der Waals surface area (Å²) in [5.41, 5.74) is 1.19. The minimum Gasteiger partial charge on any atom is -0.453 e. The standard InChI is InChI=1S/C30H31N3O9S2/c1-13-29(3,4)19-11-17-21(15-7-9-16(10-8-15)28(34)42-31)18-12-20-23(33-14(2)30(20,5)6)27(44(38,39)40)25(18)41-24(17)26(22(19)32-13)43(35,36)37/h7-14,32H,31H2,1-6H3,(H,35,36,37)(H,38,39,40). The van der Waals surface area contributed by atoms with Crippen LogP contribution in [0.4, 0.5) is 5.69 Å². The first-order valence-electron chi connectivity index (χ1n) is 13.7. The average Bonchev–Trinajstić information content (AvgIpc) is 3.28. The van der Waals surface area contributed by atoms with Crippen LogP contribution in [-0.2, 0) is 35.9 Å². The second kappa shape index (κ2) is 9.34. The lowest BCUT2D eigenvalue weighted by Gasteiger charge is -2.29. The van der Waals surface area contributed by atoms with Gasteiger partial charge in [0.25, 0.3) is 20.2 Å². The quantitative estimate of drug-likeness (QED) is 0.189. The molecule has 3 aliphatic rings. The molecule has 0 saturated heterocycles. The summed E-state index contributed by atoms with van der Waals surface area (Å²) in [5.74, 6) is 3.60. The molecule has 3 aromatic carbocycles. The van der Waals surface area contributed by atoms with Crippen molar-refractivity contribution in [3.63, 3.8) is 0 Å². The van der Waals surface area contributed by atoms with Gasteiger partial charge in [-0.05, 0) is 54.8 Å². The fourth-order valence-electron chi connectivity index (χ4n) is 6.21. The molecule has 0 amide bonds. The molecule has 0 saturated carbocycles. The highest BCUT2D eigenvalue weighted by Crippen LogP contribution is 2.52. The van der Waals surface area contributed by atoms with Crippen LogP contribution in [0, 0.1) is 0 Å². The third kappa shape index (κ3) is 4.19. The number of nitrogens with zero attached hydrogens (tertiary/aromatic N) is 1. The van der Waals surface area contributed by atoms with E-state index in [0.29, 0.717) is 22.3 Å². The van der Waals surface area contributed by atoms with Crippen LogP contribution in [0.15, 0.2) is 51.2 Å². The molecule has 0 bridgehead atoms. The van der Waals surface area contributed by atoms with E-state index in [-0.39, 0.29) is 51.0 Å². The summed E-state index contributed by atoms with van der Waals surface area (Å²) in [6.45, 7) is 11.3. The van der Waals surface area contributed by atoms with Crippen LogP contribution in [0.3, 0.4) is 0 Å². The Balaban J connectivity index is 1.86. The van der Waals surface area contributed by atoms with Gasteiger partial charge in [-0.15, -0.1) is 0 Å². The molecule has 5 N–H and O–H groups in total. The molecule has 2 atom stereocenters. The number of anilines is 1. The highest BCUT2D eigenvalue weighted by molar-refractivity contribution is 7.86. The van der Waals surface area contributed by atoms with Crippen LogP contribution >= 0.6 is 0 Å². The van der Waals surface area contributed by atoms with Gasteiger partial charge in [-0.25, -0.2) is 4.79 Å². The molecular formula is C30H31N3O9S2. The molecule has 44 heavy (non-hydrogen) atoms. The summed E-state index contributed by atoms with van der Waals surface area (Å²) in [4.78, 5) is 19.8. The molecule has 0 aromatic heterocycles. The predicted molar refractivity (Wildman–Crippen MR) is 160 cm³/mol. The molecule has 3 aliphatic heterocycles. The zero-order valence-electron chi connectivity index (χ0n) is 24.7. The Kier molecular flexibility index (Phi) is 6.42. The molecule has 232 valence electrons. The highest BCUT2D eigenvalue weighted by Gasteiger charge is 2.45. The molecule has 6 rings (SSSR count). The summed E-state index contributed by atoms with van der Waals surface area (Å²) in [6.07, 6.45) is 0. The zero-order valence-corrected chi connectivity index (χ0v) is 26.3. The molecule has 0 aliphatic carbocycles. The molecule has 3 aromatic rings. The summed E-state index contributed by atoms with van der Waals surface area (Å²) in [6, 6.07) is 8.92. The van der Waals surface area contributed by atoms with Crippen LogP contribution < -0.4 is 26.5 Å². The van der Waals surface area contributed by atoms with Crippen molar-refractivity contribution in [3.8, 4) is 11.5 Å². The van der Waals surface area contributed by atoms with Crippen molar-refractivity contribution in [1.82, 2.24) is 0 Å². The Hall–Kier alpha value is -3.82. The monoisotopic (exact) mass is 641 g/mol. The van der Waals surface area contributed by atoms with Gasteiger partial charge in [0, 0.05) is 33.2 Å². The van der Waals surface area contributed by atoms with Crippen molar-refractivity contribution in [2.45, 2.75) is 74.2 Å². The van der Waals surface area contributed by atoms with Gasteiger partial charge in [0.15, 0.2) is 21.3 Å². The first kappa shape index (κ1) is 30.2. The second-order valence-electron chi connectivity index (χ2n) is 12.5. The molecule has 12 nitrogen and oxygen atoms in total. The van der Waals surface area contributed by atoms with E-state index in [9.17, 15) is 30.7 Å². The Morgan fingerprint density at radius 2 is 1.55 bits per heavy atom. The summed E-state index contributed by atoms with van der Waals surface area (Å²) >= 11 is 0. The minimum atomic E-state index is -4.99. The summed E-state index contributed by atoms with van der Waals surface area (Å²) in [5, 5.41) is 3.40. The van der Waals surface area contributed by atoms with Gasteiger partial charge in [-0.3, -0.25) is 14.1 Å². The van der Waals surface area contributed by atoms with E-state index in [0.717, 1.165) is 0 Å². The number of benzene rings is 3. The maximum absolute atomic E-state index is 13.1. The van der Waals surface area contributed by atoms with E-state index in [1.807, 2.05) is 41.5 Å². The second-order valence-corrected chi connectivity index (χ2v) is 15.2. The Morgan fingerprint density at radius 3 is 2.11 bits per heavy atom. The van der Waals surface area contributed by atoms with Crippen molar-refractivity contribution in [2.75, 3.05) is 5.32 Å². The Labute approximate surface area is 254 Å². The van der Waals surface area contributed by atoms with Gasteiger partial charge >= 0.3 is 5.97 Å². The van der Waals surface area contributed by atoms with Crippen molar-refractivity contribution < 1.29 is 40.3 Å². The van der Waals surface area contributed by atoms with E-state index >= 15 is 0 Å². The number of nitrogens with two attached hydrogens (primary N) is 1. The van der Waals surface area contributed by atoms with Gasteiger partial charge in [0.2, 0.25) is 0 Å². The van der Waals surface area contributed by atoms with Gasteiger partial charge in [-0.2, -0.15) is 22.7 Å². The van der Waals surface area contributed by atoms with E-state index in [1.165, 1.54) is 12.1 Å². The average molecular weight is 642 g/mol.